The van der Waals surface area contributed by atoms with Crippen LogP contribution in [0.4, 0.5) is 0 Å². The molecule has 29 heavy (non-hydrogen) atoms. The number of ether oxygens (including phenoxy) is 1. The summed E-state index contributed by atoms with van der Waals surface area (Å²) < 4.78 is 5.25. The van der Waals surface area contributed by atoms with Crippen LogP contribution in [0.2, 0.25) is 5.15 Å². The number of hydrogen-bond acceptors (Lipinski definition) is 5. The number of carbonyl (C=O) groups excluding carboxylic acids is 2. The molecular weight excluding hydrogens is 408 g/mol. The smallest absolute Gasteiger partial charge is 0.325 e. The van der Waals surface area contributed by atoms with Crippen molar-refractivity contribution in [2.75, 3.05) is 12.8 Å². The number of esters is 1. The van der Waals surface area contributed by atoms with Crippen molar-refractivity contribution in [3.05, 3.63) is 69.9 Å². The second-order valence-corrected chi connectivity index (χ2v) is 7.88. The molecule has 1 aromatic heterocycles. The molecule has 0 saturated heterocycles. The van der Waals surface area contributed by atoms with E-state index in [0.29, 0.717) is 16.3 Å². The monoisotopic (exact) mass is 428 g/mol. The number of thioether (sulfide) groups is 1. The van der Waals surface area contributed by atoms with Crippen LogP contribution in [-0.4, -0.2) is 29.7 Å². The summed E-state index contributed by atoms with van der Waals surface area (Å²) in [5.41, 5.74) is 4.03. The van der Waals surface area contributed by atoms with Crippen molar-refractivity contribution in [2.24, 2.45) is 0 Å². The maximum atomic E-state index is 12.2. The second kappa shape index (κ2) is 9.29. The highest BCUT2D eigenvalue weighted by Crippen LogP contribution is 2.25. The molecule has 0 bridgehead atoms. The minimum absolute atomic E-state index is 0.00953. The zero-order chi connectivity index (χ0) is 21.0. The fraction of sp³-hybridized carbons (Fsp3) is 0.227. The van der Waals surface area contributed by atoms with Gasteiger partial charge in [0.2, 0.25) is 0 Å². The molecule has 0 unspecified atom stereocenters. The van der Waals surface area contributed by atoms with Crippen LogP contribution in [0.25, 0.3) is 10.9 Å². The summed E-state index contributed by atoms with van der Waals surface area (Å²) in [4.78, 5) is 29.7. The third kappa shape index (κ3) is 5.28. The molecule has 0 saturated carbocycles. The van der Waals surface area contributed by atoms with Crippen molar-refractivity contribution >= 4 is 46.1 Å². The molecule has 0 aliphatic heterocycles. The van der Waals surface area contributed by atoms with Gasteiger partial charge in [-0.05, 0) is 61.6 Å². The highest BCUT2D eigenvalue weighted by atomic mass is 35.5. The molecule has 0 spiro atoms. The van der Waals surface area contributed by atoms with E-state index in [9.17, 15) is 9.59 Å². The number of amides is 1. The van der Waals surface area contributed by atoms with Gasteiger partial charge in [0.15, 0.2) is 0 Å². The normalized spacial score (nSPS) is 10.8. The molecule has 1 heterocycles. The number of pyridine rings is 1. The molecule has 1 amide bonds. The molecule has 7 heteroatoms. The van der Waals surface area contributed by atoms with E-state index in [-0.39, 0.29) is 19.1 Å². The van der Waals surface area contributed by atoms with E-state index in [4.69, 9.17) is 16.3 Å². The zero-order valence-electron chi connectivity index (χ0n) is 16.4. The molecular formula is C22H21ClN2O3S. The number of nitrogens with zero attached hydrogens (tertiary/aromatic N) is 1. The van der Waals surface area contributed by atoms with Crippen LogP contribution in [-0.2, 0) is 16.1 Å². The number of aromatic nitrogens is 1. The molecule has 1 N–H and O–H groups in total. The van der Waals surface area contributed by atoms with Gasteiger partial charge in [0.05, 0.1) is 5.52 Å². The highest BCUT2D eigenvalue weighted by molar-refractivity contribution is 7.98. The Labute approximate surface area is 178 Å². The van der Waals surface area contributed by atoms with Gasteiger partial charge in [-0.1, -0.05) is 23.7 Å². The second-order valence-electron chi connectivity index (χ2n) is 6.64. The Morgan fingerprint density at radius 3 is 2.62 bits per heavy atom. The van der Waals surface area contributed by atoms with Crippen molar-refractivity contribution < 1.29 is 14.3 Å². The van der Waals surface area contributed by atoms with Crippen LogP contribution in [0, 0.1) is 13.8 Å². The molecule has 0 aliphatic carbocycles. The van der Waals surface area contributed by atoms with Crippen molar-refractivity contribution in [3.8, 4) is 0 Å². The van der Waals surface area contributed by atoms with E-state index in [1.165, 1.54) is 0 Å². The Kier molecular flexibility index (Phi) is 6.77. The number of halogens is 1. The Hall–Kier alpha value is -2.57. The number of carbonyl (C=O) groups is 2. The van der Waals surface area contributed by atoms with Crippen LogP contribution in [0.15, 0.2) is 47.4 Å². The summed E-state index contributed by atoms with van der Waals surface area (Å²) in [5, 5.41) is 3.79. The molecule has 3 rings (SSSR count). The Morgan fingerprint density at radius 2 is 1.90 bits per heavy atom. The van der Waals surface area contributed by atoms with E-state index in [1.54, 1.807) is 23.9 Å². The van der Waals surface area contributed by atoms with E-state index >= 15 is 0 Å². The summed E-state index contributed by atoms with van der Waals surface area (Å²) in [6, 6.07) is 13.2. The number of nitrogens with one attached hydrogen (secondary N) is 1. The Balaban J connectivity index is 1.58. The van der Waals surface area contributed by atoms with Gasteiger partial charge in [0.25, 0.3) is 5.91 Å². The van der Waals surface area contributed by atoms with Gasteiger partial charge in [-0.25, -0.2) is 4.98 Å². The lowest BCUT2D eigenvalue weighted by Crippen LogP contribution is -2.30. The summed E-state index contributed by atoms with van der Waals surface area (Å²) >= 11 is 7.87. The fourth-order valence-electron chi connectivity index (χ4n) is 2.74. The zero-order valence-corrected chi connectivity index (χ0v) is 18.0. The maximum Gasteiger partial charge on any atom is 0.325 e. The number of rotatable bonds is 6. The first-order valence-electron chi connectivity index (χ1n) is 9.01. The van der Waals surface area contributed by atoms with E-state index in [2.05, 4.69) is 10.3 Å². The van der Waals surface area contributed by atoms with Gasteiger partial charge in [-0.3, -0.25) is 9.59 Å². The van der Waals surface area contributed by atoms with Crippen molar-refractivity contribution in [1.82, 2.24) is 10.3 Å². The summed E-state index contributed by atoms with van der Waals surface area (Å²) in [7, 11) is 0. The van der Waals surface area contributed by atoms with Crippen molar-refractivity contribution in [3.63, 3.8) is 0 Å². The Morgan fingerprint density at radius 1 is 1.10 bits per heavy atom. The lowest BCUT2D eigenvalue weighted by Gasteiger charge is -2.10. The molecule has 5 nitrogen and oxygen atoms in total. The molecule has 3 aromatic rings. The van der Waals surface area contributed by atoms with Crippen LogP contribution >= 0.6 is 23.4 Å². The van der Waals surface area contributed by atoms with Crippen molar-refractivity contribution in [2.45, 2.75) is 25.3 Å². The molecule has 0 fully saturated rings. The number of aryl methyl sites for hydroxylation is 2. The predicted octanol–water partition coefficient (Wildman–Crippen LogP) is 4.70. The van der Waals surface area contributed by atoms with Crippen LogP contribution in [0.1, 0.15) is 27.0 Å². The molecule has 0 radical (unpaired) electrons. The molecule has 0 atom stereocenters. The lowest BCUT2D eigenvalue weighted by molar-refractivity contribution is -0.143. The van der Waals surface area contributed by atoms with Gasteiger partial charge in [0.1, 0.15) is 18.3 Å². The molecule has 0 aliphatic rings. The fourth-order valence-corrected chi connectivity index (χ4v) is 3.38. The number of hydrogen-bond donors (Lipinski definition) is 1. The van der Waals surface area contributed by atoms with E-state index < -0.39 is 5.97 Å². The first kappa shape index (κ1) is 21.1. The first-order valence-corrected chi connectivity index (χ1v) is 10.6. The number of fused-ring (bicyclic) bond motifs is 1. The third-order valence-corrected chi connectivity index (χ3v) is 5.65. The van der Waals surface area contributed by atoms with Gasteiger partial charge >= 0.3 is 5.97 Å². The lowest BCUT2D eigenvalue weighted by atomic mass is 10.1. The minimum atomic E-state index is -0.545. The topological polar surface area (TPSA) is 68.3 Å². The molecule has 2 aromatic carbocycles. The van der Waals surface area contributed by atoms with Gasteiger partial charge < -0.3 is 10.1 Å². The summed E-state index contributed by atoms with van der Waals surface area (Å²) in [5.74, 6) is -0.865. The van der Waals surface area contributed by atoms with Gasteiger partial charge in [-0.15, -0.1) is 11.8 Å². The Bertz CT molecular complexity index is 1090. The first-order chi connectivity index (χ1) is 13.9. The average Bonchev–Trinajstić information content (AvgIpc) is 2.71. The number of benzene rings is 2. The quantitative estimate of drug-likeness (QED) is 0.350. The highest BCUT2D eigenvalue weighted by Gasteiger charge is 2.12. The van der Waals surface area contributed by atoms with Crippen LogP contribution < -0.4 is 5.32 Å². The largest absolute Gasteiger partial charge is 0.459 e. The SMILES string of the molecule is CSc1ccc2cc(COC(=O)CNC(=O)c3ccc(C)c(C)c3)c(Cl)nc2c1. The van der Waals surface area contributed by atoms with Crippen LogP contribution in [0.3, 0.4) is 0 Å². The van der Waals surface area contributed by atoms with Gasteiger partial charge in [0, 0.05) is 21.4 Å². The maximum absolute atomic E-state index is 12.2. The van der Waals surface area contributed by atoms with E-state index in [1.807, 2.05) is 50.4 Å². The van der Waals surface area contributed by atoms with Gasteiger partial charge in [-0.2, -0.15) is 0 Å². The minimum Gasteiger partial charge on any atom is -0.459 e. The van der Waals surface area contributed by atoms with Crippen LogP contribution in [0.5, 0.6) is 0 Å². The predicted molar refractivity (Wildman–Crippen MR) is 117 cm³/mol. The third-order valence-electron chi connectivity index (χ3n) is 4.60. The average molecular weight is 429 g/mol. The standard InChI is InChI=1S/C22H21ClN2O3S/c1-13-4-5-16(8-14(13)2)22(27)24-11-20(26)28-12-17-9-15-6-7-18(29-3)10-19(15)25-21(17)23/h4-10H,11-12H2,1-3H3,(H,24,27). The van der Waals surface area contributed by atoms with Crippen molar-refractivity contribution in [1.29, 1.82) is 0 Å². The van der Waals surface area contributed by atoms with E-state index in [0.717, 1.165) is 26.9 Å². The summed E-state index contributed by atoms with van der Waals surface area (Å²) in [6.07, 6.45) is 2.00. The summed E-state index contributed by atoms with van der Waals surface area (Å²) in [6.45, 7) is 3.68. The molecule has 150 valence electrons.